The van der Waals surface area contributed by atoms with E-state index in [1.54, 1.807) is 14.6 Å². The van der Waals surface area contributed by atoms with Gasteiger partial charge in [0.05, 0.1) is 0 Å². The zero-order valence-electron chi connectivity index (χ0n) is 34.0. The largest absolute Gasteiger partial charge is 0.148 e. The molecule has 0 aliphatic carbocycles. The lowest BCUT2D eigenvalue weighted by Crippen LogP contribution is -1.93. The van der Waals surface area contributed by atoms with Crippen molar-refractivity contribution in [3.8, 4) is 0 Å². The molecule has 0 spiro atoms. The average molecular weight is 799 g/mol. The molecule has 0 atom stereocenters. The number of unbranched alkanes of at least 4 members (excludes halogenated alkanes) is 9. The molecule has 10 aromatic rings. The number of hydrogen-bond acceptors (Lipinski definition) is 3. The van der Waals surface area contributed by atoms with Gasteiger partial charge < -0.3 is 0 Å². The van der Waals surface area contributed by atoms with E-state index in [1.165, 1.54) is 174 Å². The van der Waals surface area contributed by atoms with Gasteiger partial charge in [-0.2, -0.15) is 0 Å². The van der Waals surface area contributed by atoms with Crippen LogP contribution in [-0.4, -0.2) is 0 Å². The Morgan fingerprint density at radius 3 is 0.789 bits per heavy atom. The Kier molecular flexibility index (Phi) is 10.4. The van der Waals surface area contributed by atoms with Crippen molar-refractivity contribution in [2.45, 2.75) is 117 Å². The van der Waals surface area contributed by atoms with Crippen LogP contribution in [-0.2, 0) is 19.3 Å². The monoisotopic (exact) mass is 798 g/mol. The maximum absolute atomic E-state index is 2.56. The van der Waals surface area contributed by atoms with Crippen molar-refractivity contribution >= 4 is 131 Å². The second kappa shape index (κ2) is 16.0. The number of hydrogen-bond donors (Lipinski definition) is 0. The van der Waals surface area contributed by atoms with Crippen LogP contribution in [0.15, 0.2) is 88.9 Å². The van der Waals surface area contributed by atoms with Gasteiger partial charge in [-0.1, -0.05) is 151 Å². The summed E-state index contributed by atoms with van der Waals surface area (Å²) in [6.45, 7) is 6.97. The third-order valence-corrected chi connectivity index (χ3v) is 16.2. The first-order valence-corrected chi connectivity index (χ1v) is 24.7. The minimum Gasteiger partial charge on any atom is -0.148 e. The van der Waals surface area contributed by atoms with Gasteiger partial charge in [-0.15, -0.1) is 34.0 Å². The number of fused-ring (bicyclic) bond motifs is 21. The van der Waals surface area contributed by atoms with Crippen LogP contribution in [0.4, 0.5) is 0 Å². The predicted octanol–water partition coefficient (Wildman–Crippen LogP) is 18.6. The highest BCUT2D eigenvalue weighted by Crippen LogP contribution is 2.55. The highest BCUT2D eigenvalue weighted by atomic mass is 32.1. The third-order valence-electron chi connectivity index (χ3n) is 13.1. The Labute approximate surface area is 349 Å². The van der Waals surface area contributed by atoms with E-state index in [0.29, 0.717) is 0 Å². The molecule has 3 heteroatoms. The quantitative estimate of drug-likeness (QED) is 0.0716. The SMILES string of the molecule is CCCCCCc1scc2c1c1ccccc1c1c2c2c3ccccc3c3c(CCCCCC)scc3c2c2c3ccccc3c3c(CCCCCC)scc3c12. The standard InChI is InChI=1S/C54H54S3/c1-4-7-10-13-28-43-46-34-22-16-19-25-37(34)49-52(40(46)31-55-43)50-38-26-20-17-23-35(38)47-42(33-57-44(47)29-14-11-8-5-2)54(50)51-39-27-21-18-24-36(39)48-41(53(49)51)32-56-45(48)30-15-12-9-6-3/h16-27,31-33H,4-15,28-30H2,1-3H3. The van der Waals surface area contributed by atoms with Crippen LogP contribution >= 0.6 is 34.0 Å². The average Bonchev–Trinajstić information content (AvgIpc) is 4.00. The molecule has 3 aromatic heterocycles. The van der Waals surface area contributed by atoms with Gasteiger partial charge >= 0.3 is 0 Å². The first-order valence-electron chi connectivity index (χ1n) is 22.1. The second-order valence-corrected chi connectivity index (χ2v) is 19.6. The first-order chi connectivity index (χ1) is 28.2. The molecule has 0 aliphatic rings. The molecule has 288 valence electrons. The molecule has 0 unspecified atom stereocenters. The molecule has 10 rings (SSSR count). The Morgan fingerprint density at radius 2 is 0.526 bits per heavy atom. The summed E-state index contributed by atoms with van der Waals surface area (Å²) in [5.74, 6) is 0. The smallest absolute Gasteiger partial charge is 0.0130 e. The molecule has 7 aromatic carbocycles. The van der Waals surface area contributed by atoms with Crippen LogP contribution in [0.25, 0.3) is 97.0 Å². The summed E-state index contributed by atoms with van der Waals surface area (Å²) in [6.07, 6.45) is 18.9. The molecule has 0 saturated carbocycles. The Balaban J connectivity index is 1.44. The molecule has 0 aliphatic heterocycles. The van der Waals surface area contributed by atoms with Gasteiger partial charge in [-0.3, -0.25) is 0 Å². The summed E-state index contributed by atoms with van der Waals surface area (Å²) in [6, 6.07) is 28.4. The van der Waals surface area contributed by atoms with Crippen LogP contribution in [0.5, 0.6) is 0 Å². The van der Waals surface area contributed by atoms with Crippen molar-refractivity contribution in [1.82, 2.24) is 0 Å². The minimum atomic E-state index is 1.16. The fourth-order valence-corrected chi connectivity index (χ4v) is 13.7. The summed E-state index contributed by atoms with van der Waals surface area (Å²) >= 11 is 6.05. The summed E-state index contributed by atoms with van der Waals surface area (Å²) in [4.78, 5) is 4.70. The first kappa shape index (κ1) is 37.3. The van der Waals surface area contributed by atoms with E-state index < -0.39 is 0 Å². The third kappa shape index (κ3) is 6.09. The van der Waals surface area contributed by atoms with E-state index in [4.69, 9.17) is 0 Å². The van der Waals surface area contributed by atoms with Crippen molar-refractivity contribution in [3.05, 3.63) is 104 Å². The van der Waals surface area contributed by atoms with Crippen LogP contribution in [0.2, 0.25) is 0 Å². The van der Waals surface area contributed by atoms with Gasteiger partial charge in [-0.05, 0) is 103 Å². The van der Waals surface area contributed by atoms with Crippen LogP contribution in [0, 0.1) is 0 Å². The highest BCUT2D eigenvalue weighted by Gasteiger charge is 2.26. The number of rotatable bonds is 15. The summed E-state index contributed by atoms with van der Waals surface area (Å²) in [7, 11) is 0. The van der Waals surface area contributed by atoms with Crippen molar-refractivity contribution in [2.75, 3.05) is 0 Å². The van der Waals surface area contributed by atoms with Gasteiger partial charge in [0.2, 0.25) is 0 Å². The lowest BCUT2D eigenvalue weighted by atomic mass is 9.81. The Bertz CT molecular complexity index is 2730. The zero-order valence-corrected chi connectivity index (χ0v) is 36.4. The topological polar surface area (TPSA) is 0 Å². The van der Waals surface area contributed by atoms with E-state index in [2.05, 4.69) is 110 Å². The van der Waals surface area contributed by atoms with Gasteiger partial charge in [-0.25, -0.2) is 0 Å². The summed E-state index contributed by atoms with van der Waals surface area (Å²) in [5, 5.41) is 33.9. The highest BCUT2D eigenvalue weighted by molar-refractivity contribution is 7.13. The number of aryl methyl sites for hydroxylation is 3. The summed E-state index contributed by atoms with van der Waals surface area (Å²) < 4.78 is 0. The summed E-state index contributed by atoms with van der Waals surface area (Å²) in [5.41, 5.74) is 0. The van der Waals surface area contributed by atoms with Crippen LogP contribution in [0.3, 0.4) is 0 Å². The lowest BCUT2D eigenvalue weighted by molar-refractivity contribution is 0.671. The van der Waals surface area contributed by atoms with Crippen molar-refractivity contribution in [3.63, 3.8) is 0 Å². The molecule has 0 amide bonds. The maximum atomic E-state index is 2.56. The van der Waals surface area contributed by atoms with E-state index in [0.717, 1.165) is 19.3 Å². The maximum Gasteiger partial charge on any atom is 0.0130 e. The molecule has 3 heterocycles. The van der Waals surface area contributed by atoms with Gasteiger partial charge in [0.15, 0.2) is 0 Å². The molecular formula is C54H54S3. The Hall–Kier alpha value is -4.02. The van der Waals surface area contributed by atoms with E-state index >= 15 is 0 Å². The molecule has 57 heavy (non-hydrogen) atoms. The van der Waals surface area contributed by atoms with Crippen LogP contribution < -0.4 is 0 Å². The fourth-order valence-electron chi connectivity index (χ4n) is 10.4. The van der Waals surface area contributed by atoms with E-state index in [1.807, 2.05) is 34.0 Å². The molecule has 0 N–H and O–H groups in total. The number of benzene rings is 7. The minimum absolute atomic E-state index is 1.16. The van der Waals surface area contributed by atoms with Crippen molar-refractivity contribution in [2.24, 2.45) is 0 Å². The second-order valence-electron chi connectivity index (χ2n) is 16.7. The van der Waals surface area contributed by atoms with E-state index in [9.17, 15) is 0 Å². The molecular weight excluding hydrogens is 745 g/mol. The molecule has 0 nitrogen and oxygen atoms in total. The molecule has 0 radical (unpaired) electrons. The Morgan fingerprint density at radius 1 is 0.281 bits per heavy atom. The fraction of sp³-hybridized carbons (Fsp3) is 0.333. The van der Waals surface area contributed by atoms with Crippen LogP contribution in [0.1, 0.15) is 112 Å². The van der Waals surface area contributed by atoms with Gasteiger partial charge in [0.25, 0.3) is 0 Å². The molecule has 0 saturated heterocycles. The molecule has 0 bridgehead atoms. The van der Waals surface area contributed by atoms with Crippen molar-refractivity contribution in [1.29, 1.82) is 0 Å². The van der Waals surface area contributed by atoms with Crippen molar-refractivity contribution < 1.29 is 0 Å². The van der Waals surface area contributed by atoms with E-state index in [-0.39, 0.29) is 0 Å². The van der Waals surface area contributed by atoms with Gasteiger partial charge in [0, 0.05) is 63.1 Å². The normalized spacial score (nSPS) is 12.5. The predicted molar refractivity (Wildman–Crippen MR) is 261 cm³/mol. The number of thiophene rings is 3. The van der Waals surface area contributed by atoms with Gasteiger partial charge in [0.1, 0.15) is 0 Å². The zero-order chi connectivity index (χ0) is 38.5. The molecule has 0 fully saturated rings. The lowest BCUT2D eigenvalue weighted by Gasteiger charge is -2.21.